The lowest BCUT2D eigenvalue weighted by molar-refractivity contribution is -0.275. The first-order valence-electron chi connectivity index (χ1n) is 8.86. The Hall–Kier alpha value is -0.940. The van der Waals surface area contributed by atoms with Gasteiger partial charge in [0.1, 0.15) is 0 Å². The van der Waals surface area contributed by atoms with Crippen LogP contribution in [0, 0.1) is 17.8 Å². The molecule has 1 aliphatic heterocycles. The van der Waals surface area contributed by atoms with Crippen molar-refractivity contribution in [2.45, 2.75) is 50.1 Å². The molecule has 2 saturated carbocycles. The summed E-state index contributed by atoms with van der Waals surface area (Å²) in [4.78, 5) is 0. The van der Waals surface area contributed by atoms with E-state index in [2.05, 4.69) is 0 Å². The van der Waals surface area contributed by atoms with Gasteiger partial charge < -0.3 is 19.7 Å². The average Bonchev–Trinajstić information content (AvgIpc) is 3.13. The Morgan fingerprint density at radius 3 is 2.65 bits per heavy atom. The van der Waals surface area contributed by atoms with E-state index in [1.54, 1.807) is 0 Å². The van der Waals surface area contributed by atoms with Crippen LogP contribution in [0.2, 0.25) is 0 Å². The van der Waals surface area contributed by atoms with Crippen molar-refractivity contribution in [2.75, 3.05) is 13.2 Å². The molecular weight excluding hydrogens is 292 g/mol. The van der Waals surface area contributed by atoms with Gasteiger partial charge in [-0.1, -0.05) is 30.3 Å². The third-order valence-corrected chi connectivity index (χ3v) is 6.04. The molecule has 0 amide bonds. The van der Waals surface area contributed by atoms with Crippen LogP contribution < -0.4 is 0 Å². The molecule has 5 atom stereocenters. The van der Waals surface area contributed by atoms with E-state index < -0.39 is 0 Å². The largest absolute Gasteiger partial charge is 0.393 e. The fraction of sp³-hybridized carbons (Fsp3) is 0.684. The first-order chi connectivity index (χ1) is 11.2. The maximum atomic E-state index is 10.5. The predicted molar refractivity (Wildman–Crippen MR) is 85.7 cm³/mol. The summed E-state index contributed by atoms with van der Waals surface area (Å²) in [5.41, 5.74) is 1.17. The number of aliphatic hydroxyl groups excluding tert-OH is 2. The second-order valence-corrected chi connectivity index (χ2v) is 7.39. The normalized spacial score (nSPS) is 35.9. The molecule has 3 fully saturated rings. The van der Waals surface area contributed by atoms with Crippen LogP contribution >= 0.6 is 0 Å². The molecule has 23 heavy (non-hydrogen) atoms. The molecule has 1 aromatic carbocycles. The summed E-state index contributed by atoms with van der Waals surface area (Å²) in [7, 11) is 0. The maximum Gasteiger partial charge on any atom is 0.172 e. The summed E-state index contributed by atoms with van der Waals surface area (Å²) in [5.74, 6) is 0.548. The van der Waals surface area contributed by atoms with Crippen molar-refractivity contribution in [1.29, 1.82) is 0 Å². The molecule has 126 valence electrons. The summed E-state index contributed by atoms with van der Waals surface area (Å²) in [6, 6.07) is 10.1. The fourth-order valence-electron chi connectivity index (χ4n) is 4.80. The molecule has 1 saturated heterocycles. The molecule has 0 radical (unpaired) electrons. The van der Waals surface area contributed by atoms with Gasteiger partial charge in [0.2, 0.25) is 0 Å². The standard InChI is InChI=1S/C19H26O4/c20-15(10-13-4-2-1-3-5-13)7-6-14-11-17-16(18(14)21)12-19(17)22-8-9-23-19/h1-5,14-18,20-21H,6-12H2. The van der Waals surface area contributed by atoms with E-state index in [0.717, 1.165) is 25.7 Å². The number of benzene rings is 1. The zero-order valence-electron chi connectivity index (χ0n) is 13.4. The van der Waals surface area contributed by atoms with Gasteiger partial charge in [-0.25, -0.2) is 0 Å². The monoisotopic (exact) mass is 318 g/mol. The number of hydrogen-bond acceptors (Lipinski definition) is 4. The highest BCUT2D eigenvalue weighted by atomic mass is 16.7. The van der Waals surface area contributed by atoms with Crippen molar-refractivity contribution in [3.8, 4) is 0 Å². The average molecular weight is 318 g/mol. The predicted octanol–water partition coefficient (Wildman–Crippen LogP) is 2.13. The van der Waals surface area contributed by atoms with E-state index >= 15 is 0 Å². The van der Waals surface area contributed by atoms with Crippen molar-refractivity contribution >= 4 is 0 Å². The Morgan fingerprint density at radius 2 is 1.91 bits per heavy atom. The highest BCUT2D eigenvalue weighted by Gasteiger charge is 2.64. The fourth-order valence-corrected chi connectivity index (χ4v) is 4.80. The van der Waals surface area contributed by atoms with E-state index in [9.17, 15) is 10.2 Å². The molecular formula is C19H26O4. The molecule has 2 aliphatic carbocycles. The van der Waals surface area contributed by atoms with E-state index in [-0.39, 0.29) is 23.9 Å². The van der Waals surface area contributed by atoms with Gasteiger partial charge in [0, 0.05) is 12.3 Å². The lowest BCUT2D eigenvalue weighted by Gasteiger charge is -2.48. The molecule has 1 spiro atoms. The highest BCUT2D eigenvalue weighted by molar-refractivity contribution is 5.15. The van der Waals surface area contributed by atoms with Crippen molar-refractivity contribution in [3.05, 3.63) is 35.9 Å². The van der Waals surface area contributed by atoms with E-state index in [4.69, 9.17) is 9.47 Å². The van der Waals surface area contributed by atoms with Crippen molar-refractivity contribution in [3.63, 3.8) is 0 Å². The molecule has 4 rings (SSSR count). The Labute approximate surface area is 137 Å². The van der Waals surface area contributed by atoms with Gasteiger partial charge in [-0.15, -0.1) is 0 Å². The highest BCUT2D eigenvalue weighted by Crippen LogP contribution is 2.59. The Kier molecular flexibility index (Phi) is 4.18. The Bertz CT molecular complexity index is 525. The van der Waals surface area contributed by atoms with E-state index in [1.807, 2.05) is 30.3 Å². The van der Waals surface area contributed by atoms with Crippen LogP contribution in [0.5, 0.6) is 0 Å². The minimum absolute atomic E-state index is 0.262. The van der Waals surface area contributed by atoms with Gasteiger partial charge in [0.05, 0.1) is 25.4 Å². The van der Waals surface area contributed by atoms with E-state index in [1.165, 1.54) is 5.56 Å². The van der Waals surface area contributed by atoms with Crippen LogP contribution in [0.15, 0.2) is 30.3 Å². The maximum absolute atomic E-state index is 10.5. The minimum atomic E-state index is -0.386. The van der Waals surface area contributed by atoms with Gasteiger partial charge >= 0.3 is 0 Å². The van der Waals surface area contributed by atoms with Crippen LogP contribution in [-0.2, 0) is 15.9 Å². The molecule has 1 heterocycles. The van der Waals surface area contributed by atoms with E-state index in [0.29, 0.717) is 31.5 Å². The quantitative estimate of drug-likeness (QED) is 0.873. The molecule has 4 nitrogen and oxygen atoms in total. The van der Waals surface area contributed by atoms with Crippen LogP contribution in [0.1, 0.15) is 31.2 Å². The summed E-state index contributed by atoms with van der Waals surface area (Å²) < 4.78 is 11.6. The van der Waals surface area contributed by atoms with Gasteiger partial charge in [0.25, 0.3) is 0 Å². The topological polar surface area (TPSA) is 58.9 Å². The molecule has 3 aliphatic rings. The van der Waals surface area contributed by atoms with Gasteiger partial charge in [-0.3, -0.25) is 0 Å². The zero-order chi connectivity index (χ0) is 15.9. The van der Waals surface area contributed by atoms with Gasteiger partial charge in [0.15, 0.2) is 5.79 Å². The number of aliphatic hydroxyl groups is 2. The van der Waals surface area contributed by atoms with Crippen LogP contribution in [-0.4, -0.2) is 41.4 Å². The third kappa shape index (κ3) is 2.82. The summed E-state index contributed by atoms with van der Waals surface area (Å²) in [5, 5.41) is 20.8. The second kappa shape index (κ2) is 6.17. The van der Waals surface area contributed by atoms with Crippen molar-refractivity contribution in [2.24, 2.45) is 17.8 Å². The summed E-state index contributed by atoms with van der Waals surface area (Å²) in [6.07, 6.45) is 3.50. The van der Waals surface area contributed by atoms with Gasteiger partial charge in [-0.05, 0) is 43.1 Å². The Balaban J connectivity index is 1.28. The molecule has 1 aromatic rings. The summed E-state index contributed by atoms with van der Waals surface area (Å²) >= 11 is 0. The number of rotatable bonds is 5. The number of fused-ring (bicyclic) bond motifs is 2. The third-order valence-electron chi connectivity index (χ3n) is 6.04. The van der Waals surface area contributed by atoms with Crippen LogP contribution in [0.3, 0.4) is 0 Å². The lowest BCUT2D eigenvalue weighted by atomic mass is 9.69. The molecule has 0 bridgehead atoms. The Morgan fingerprint density at radius 1 is 1.17 bits per heavy atom. The molecule has 0 aromatic heterocycles. The van der Waals surface area contributed by atoms with Crippen LogP contribution in [0.25, 0.3) is 0 Å². The molecule has 2 N–H and O–H groups in total. The summed E-state index contributed by atoms with van der Waals surface area (Å²) in [6.45, 7) is 1.36. The van der Waals surface area contributed by atoms with Gasteiger partial charge in [-0.2, -0.15) is 0 Å². The smallest absolute Gasteiger partial charge is 0.172 e. The SMILES string of the molecule is OC(CCC1CC2C(CC23OCCO3)C1O)Cc1ccccc1. The first-order valence-corrected chi connectivity index (χ1v) is 8.86. The lowest BCUT2D eigenvalue weighted by Crippen LogP contribution is -2.54. The van der Waals surface area contributed by atoms with Crippen LogP contribution in [0.4, 0.5) is 0 Å². The number of hydrogen-bond donors (Lipinski definition) is 2. The molecule has 4 heteroatoms. The van der Waals surface area contributed by atoms with Crippen molar-refractivity contribution < 1.29 is 19.7 Å². The number of ether oxygens (including phenoxy) is 2. The van der Waals surface area contributed by atoms with Crippen molar-refractivity contribution in [1.82, 2.24) is 0 Å². The first kappa shape index (κ1) is 15.6. The molecule has 5 unspecified atom stereocenters. The second-order valence-electron chi connectivity index (χ2n) is 7.39. The zero-order valence-corrected chi connectivity index (χ0v) is 13.4. The minimum Gasteiger partial charge on any atom is -0.393 e.